The Morgan fingerprint density at radius 1 is 1.25 bits per heavy atom. The zero-order valence-corrected chi connectivity index (χ0v) is 6.95. The number of hydrogen-bond acceptors (Lipinski definition) is 4. The zero-order valence-electron chi connectivity index (χ0n) is 6.95. The van der Waals surface area contributed by atoms with E-state index in [0.717, 1.165) is 0 Å². The van der Waals surface area contributed by atoms with Gasteiger partial charge in [-0.2, -0.15) is 0 Å². The van der Waals surface area contributed by atoms with Crippen LogP contribution < -0.4 is 5.32 Å². The van der Waals surface area contributed by atoms with Crippen molar-refractivity contribution in [2.45, 2.75) is 6.42 Å². The van der Waals surface area contributed by atoms with E-state index in [9.17, 15) is 4.79 Å². The molecule has 5 nitrogen and oxygen atoms in total. The molecule has 0 unspecified atom stereocenters. The average Bonchev–Trinajstić information content (AvgIpc) is 2.05. The monoisotopic (exact) mass is 177 g/mol. The topological polar surface area (TPSA) is 78.8 Å². The van der Waals surface area contributed by atoms with E-state index in [1.807, 2.05) is 0 Å². The predicted molar refractivity (Wildman–Crippen MR) is 42.6 cm³/mol. The van der Waals surface area contributed by atoms with Gasteiger partial charge in [-0.05, 0) is 0 Å². The SMILES string of the molecule is O=C(CCO)NCCOCCO. The second-order valence-electron chi connectivity index (χ2n) is 2.16. The fourth-order valence-electron chi connectivity index (χ4n) is 0.619. The third-order valence-corrected chi connectivity index (χ3v) is 1.14. The van der Waals surface area contributed by atoms with Crippen LogP contribution in [-0.4, -0.2) is 49.1 Å². The molecule has 0 radical (unpaired) electrons. The first-order chi connectivity index (χ1) is 5.81. The lowest BCUT2D eigenvalue weighted by atomic mass is 10.4. The van der Waals surface area contributed by atoms with Gasteiger partial charge in [-0.3, -0.25) is 4.79 Å². The molecule has 0 saturated carbocycles. The first-order valence-corrected chi connectivity index (χ1v) is 3.87. The highest BCUT2D eigenvalue weighted by Gasteiger charge is 1.97. The van der Waals surface area contributed by atoms with Crippen molar-refractivity contribution in [3.8, 4) is 0 Å². The van der Waals surface area contributed by atoms with Crippen LogP contribution in [0.4, 0.5) is 0 Å². The molecule has 1 amide bonds. The van der Waals surface area contributed by atoms with Crippen molar-refractivity contribution in [3.05, 3.63) is 0 Å². The maximum absolute atomic E-state index is 10.7. The van der Waals surface area contributed by atoms with Crippen LogP contribution in [0.1, 0.15) is 6.42 Å². The van der Waals surface area contributed by atoms with E-state index in [4.69, 9.17) is 14.9 Å². The van der Waals surface area contributed by atoms with Gasteiger partial charge in [0.15, 0.2) is 0 Å². The molecule has 3 N–H and O–H groups in total. The van der Waals surface area contributed by atoms with Crippen molar-refractivity contribution in [1.82, 2.24) is 5.32 Å². The Morgan fingerprint density at radius 3 is 2.58 bits per heavy atom. The largest absolute Gasteiger partial charge is 0.396 e. The Morgan fingerprint density at radius 2 is 2.00 bits per heavy atom. The minimum absolute atomic E-state index is 0.00934. The van der Waals surface area contributed by atoms with Crippen molar-refractivity contribution in [2.24, 2.45) is 0 Å². The summed E-state index contributed by atoms with van der Waals surface area (Å²) in [4.78, 5) is 10.7. The Hall–Kier alpha value is -0.650. The van der Waals surface area contributed by atoms with Crippen molar-refractivity contribution in [3.63, 3.8) is 0 Å². The lowest BCUT2D eigenvalue weighted by Gasteiger charge is -2.03. The van der Waals surface area contributed by atoms with Crippen molar-refractivity contribution in [1.29, 1.82) is 0 Å². The molecule has 12 heavy (non-hydrogen) atoms. The van der Waals surface area contributed by atoms with Crippen LogP contribution in [0, 0.1) is 0 Å². The third kappa shape index (κ3) is 7.46. The van der Waals surface area contributed by atoms with Gasteiger partial charge < -0.3 is 20.3 Å². The lowest BCUT2D eigenvalue weighted by molar-refractivity contribution is -0.121. The molecule has 0 spiro atoms. The molecule has 0 rings (SSSR count). The van der Waals surface area contributed by atoms with Crippen LogP contribution in [0.15, 0.2) is 0 Å². The van der Waals surface area contributed by atoms with E-state index in [-0.39, 0.29) is 32.1 Å². The molecule has 5 heteroatoms. The molecule has 0 aromatic heterocycles. The summed E-state index contributed by atoms with van der Waals surface area (Å²) in [6.45, 7) is 0.945. The van der Waals surface area contributed by atoms with Crippen LogP contribution >= 0.6 is 0 Å². The minimum Gasteiger partial charge on any atom is -0.396 e. The Balaban J connectivity index is 3.03. The Kier molecular flexibility index (Phi) is 7.99. The maximum Gasteiger partial charge on any atom is 0.222 e. The molecule has 0 bridgehead atoms. The molecule has 0 aliphatic heterocycles. The van der Waals surface area contributed by atoms with Crippen molar-refractivity contribution < 1.29 is 19.7 Å². The number of rotatable bonds is 7. The number of hydrogen-bond donors (Lipinski definition) is 3. The molecule has 0 heterocycles. The molecule has 0 aromatic rings. The van der Waals surface area contributed by atoms with Gasteiger partial charge in [-0.25, -0.2) is 0 Å². The summed E-state index contributed by atoms with van der Waals surface area (Å²) in [5, 5.41) is 19.2. The fourth-order valence-corrected chi connectivity index (χ4v) is 0.619. The third-order valence-electron chi connectivity index (χ3n) is 1.14. The summed E-state index contributed by atoms with van der Waals surface area (Å²) in [6, 6.07) is 0. The van der Waals surface area contributed by atoms with Gasteiger partial charge in [0.25, 0.3) is 0 Å². The highest BCUT2D eigenvalue weighted by atomic mass is 16.5. The number of carbonyl (C=O) groups is 1. The summed E-state index contributed by atoms with van der Waals surface area (Å²) < 4.78 is 4.88. The second kappa shape index (κ2) is 8.45. The molecule has 72 valence electrons. The van der Waals surface area contributed by atoms with E-state index >= 15 is 0 Å². The quantitative estimate of drug-likeness (QED) is 0.413. The smallest absolute Gasteiger partial charge is 0.222 e. The number of carbonyl (C=O) groups excluding carboxylic acids is 1. The molecule has 0 saturated heterocycles. The van der Waals surface area contributed by atoms with Gasteiger partial charge in [0, 0.05) is 13.0 Å². The minimum atomic E-state index is -0.190. The van der Waals surface area contributed by atoms with Crippen molar-refractivity contribution >= 4 is 5.91 Å². The van der Waals surface area contributed by atoms with Crippen LogP contribution in [0.2, 0.25) is 0 Å². The molecule has 0 aliphatic carbocycles. The maximum atomic E-state index is 10.7. The van der Waals surface area contributed by atoms with E-state index in [1.54, 1.807) is 0 Å². The van der Waals surface area contributed by atoms with Gasteiger partial charge in [0.1, 0.15) is 0 Å². The zero-order chi connectivity index (χ0) is 9.23. The van der Waals surface area contributed by atoms with Crippen LogP contribution in [0.5, 0.6) is 0 Å². The summed E-state index contributed by atoms with van der Waals surface area (Å²) >= 11 is 0. The second-order valence-corrected chi connectivity index (χ2v) is 2.16. The van der Waals surface area contributed by atoms with Gasteiger partial charge in [0.05, 0.1) is 26.4 Å². The van der Waals surface area contributed by atoms with E-state index in [2.05, 4.69) is 5.32 Å². The van der Waals surface area contributed by atoms with E-state index in [0.29, 0.717) is 13.2 Å². The highest BCUT2D eigenvalue weighted by Crippen LogP contribution is 1.76. The molecule has 0 fully saturated rings. The van der Waals surface area contributed by atoms with E-state index in [1.165, 1.54) is 0 Å². The predicted octanol–water partition coefficient (Wildman–Crippen LogP) is -1.51. The molecule has 0 aromatic carbocycles. The molecular weight excluding hydrogens is 162 g/mol. The molecular formula is C7H15NO4. The average molecular weight is 177 g/mol. The van der Waals surface area contributed by atoms with Crippen LogP contribution in [0.3, 0.4) is 0 Å². The lowest BCUT2D eigenvalue weighted by Crippen LogP contribution is -2.27. The number of amides is 1. The first-order valence-electron chi connectivity index (χ1n) is 3.87. The summed E-state index contributed by atoms with van der Waals surface area (Å²) in [7, 11) is 0. The normalized spacial score (nSPS) is 9.83. The number of aliphatic hydroxyl groups is 2. The summed E-state index contributed by atoms with van der Waals surface area (Å²) in [5.41, 5.74) is 0. The molecule has 0 aliphatic rings. The molecule has 0 atom stereocenters. The number of aliphatic hydroxyl groups excluding tert-OH is 2. The Labute approximate surface area is 71.3 Å². The van der Waals surface area contributed by atoms with Crippen LogP contribution in [0.25, 0.3) is 0 Å². The van der Waals surface area contributed by atoms with Crippen LogP contribution in [-0.2, 0) is 9.53 Å². The van der Waals surface area contributed by atoms with Gasteiger partial charge >= 0.3 is 0 Å². The van der Waals surface area contributed by atoms with Gasteiger partial charge in [-0.1, -0.05) is 0 Å². The number of nitrogens with one attached hydrogen (secondary N) is 1. The van der Waals surface area contributed by atoms with Gasteiger partial charge in [-0.15, -0.1) is 0 Å². The summed E-state index contributed by atoms with van der Waals surface area (Å²) in [5.74, 6) is -0.190. The summed E-state index contributed by atoms with van der Waals surface area (Å²) in [6.07, 6.45) is 0.125. The Bertz CT molecular complexity index is 118. The first kappa shape index (κ1) is 11.4. The van der Waals surface area contributed by atoms with Crippen molar-refractivity contribution in [2.75, 3.05) is 33.0 Å². The standard InChI is InChI=1S/C7H15NO4/c9-3-1-7(11)8-2-5-12-6-4-10/h9-10H,1-6H2,(H,8,11). The van der Waals surface area contributed by atoms with E-state index < -0.39 is 0 Å². The number of ether oxygens (including phenoxy) is 1. The van der Waals surface area contributed by atoms with Gasteiger partial charge in [0.2, 0.25) is 5.91 Å². The fraction of sp³-hybridized carbons (Fsp3) is 0.857. The highest BCUT2D eigenvalue weighted by molar-refractivity contribution is 5.75.